The first-order chi connectivity index (χ1) is 19.9. The molecule has 0 saturated heterocycles. The normalized spacial score (nSPS) is 11.4. The maximum Gasteiger partial charge on any atom is 0.417 e. The Hall–Kier alpha value is -4.60. The van der Waals surface area contributed by atoms with Crippen molar-refractivity contribution in [3.05, 3.63) is 156 Å². The molecule has 41 heavy (non-hydrogen) atoms. The van der Waals surface area contributed by atoms with Crippen LogP contribution in [-0.2, 0) is 6.18 Å². The van der Waals surface area contributed by atoms with Crippen molar-refractivity contribution in [3.63, 3.8) is 0 Å². The second-order valence-electron chi connectivity index (χ2n) is 9.72. The third kappa shape index (κ3) is 5.17. The molecule has 0 unspecified atom stereocenters. The monoisotopic (exact) mass is 560 g/mol. The summed E-state index contributed by atoms with van der Waals surface area (Å²) >= 11 is 6.22. The Bertz CT molecular complexity index is 1780. The lowest BCUT2D eigenvalue weighted by molar-refractivity contribution is -0.136. The smallest absolute Gasteiger partial charge is 0.166 e. The molecule has 0 radical (unpaired) electrons. The third-order valence-corrected chi connectivity index (χ3v) is 7.42. The van der Waals surface area contributed by atoms with Crippen LogP contribution in [0.5, 0.6) is 0 Å². The van der Waals surface area contributed by atoms with Crippen LogP contribution >= 0.6 is 11.6 Å². The van der Waals surface area contributed by atoms with Crippen LogP contribution in [0.1, 0.15) is 5.56 Å². The van der Waals surface area contributed by atoms with Crippen LogP contribution in [0, 0.1) is 0 Å². The number of rotatable bonds is 5. The number of alkyl halides is 3. The highest BCUT2D eigenvalue weighted by Crippen LogP contribution is 2.56. The van der Waals surface area contributed by atoms with Crippen LogP contribution in [0.3, 0.4) is 0 Å². The number of halogens is 4. The molecule has 0 aliphatic carbocycles. The van der Waals surface area contributed by atoms with E-state index in [2.05, 4.69) is 0 Å². The summed E-state index contributed by atoms with van der Waals surface area (Å²) in [6, 6.07) is 43.9. The maximum atomic E-state index is 15.7. The van der Waals surface area contributed by atoms with Gasteiger partial charge < -0.3 is 0 Å². The van der Waals surface area contributed by atoms with Crippen molar-refractivity contribution in [3.8, 4) is 55.6 Å². The van der Waals surface area contributed by atoms with Gasteiger partial charge in [-0.2, -0.15) is 13.2 Å². The maximum absolute atomic E-state index is 15.7. The topological polar surface area (TPSA) is 0 Å². The van der Waals surface area contributed by atoms with Gasteiger partial charge in [-0.1, -0.05) is 145 Å². The molecule has 0 spiro atoms. The standard InChI is InChI=1S/C37H24ClF3/c38-30-23-21-29(22-24-30)35-33(27-17-9-3-10-18-27)31(25-13-5-1-6-14-25)32(26-15-7-2-8-16-26)34(36(35)37(39,40)41)28-19-11-4-12-20-28/h1-24H. The molecular formula is C37H24ClF3. The zero-order chi connectivity index (χ0) is 28.4. The minimum atomic E-state index is -4.68. The summed E-state index contributed by atoms with van der Waals surface area (Å²) in [7, 11) is 0. The van der Waals surface area contributed by atoms with Gasteiger partial charge in [-0.15, -0.1) is 0 Å². The van der Waals surface area contributed by atoms with Gasteiger partial charge in [0.05, 0.1) is 5.56 Å². The zero-order valence-electron chi connectivity index (χ0n) is 21.9. The fourth-order valence-corrected chi connectivity index (χ4v) is 5.64. The molecule has 6 rings (SSSR count). The summed E-state index contributed by atoms with van der Waals surface area (Å²) in [6.07, 6.45) is -4.68. The minimum absolute atomic E-state index is 0.123. The molecule has 6 aromatic carbocycles. The van der Waals surface area contributed by atoms with Gasteiger partial charge in [-0.3, -0.25) is 0 Å². The zero-order valence-corrected chi connectivity index (χ0v) is 22.6. The lowest BCUT2D eigenvalue weighted by Gasteiger charge is -2.29. The first kappa shape index (κ1) is 26.6. The molecule has 4 heteroatoms. The molecule has 0 heterocycles. The summed E-state index contributed by atoms with van der Waals surface area (Å²) in [4.78, 5) is 0. The fourth-order valence-electron chi connectivity index (χ4n) is 5.51. The summed E-state index contributed by atoms with van der Waals surface area (Å²) in [5.74, 6) is 0. The van der Waals surface area contributed by atoms with Crippen molar-refractivity contribution in [2.24, 2.45) is 0 Å². The van der Waals surface area contributed by atoms with Crippen molar-refractivity contribution in [1.82, 2.24) is 0 Å². The number of hydrogen-bond acceptors (Lipinski definition) is 0. The fraction of sp³-hybridized carbons (Fsp3) is 0.0270. The molecule has 0 aromatic heterocycles. The molecule has 0 N–H and O–H groups in total. The molecule has 0 bridgehead atoms. The predicted octanol–water partition coefficient (Wildman–Crippen LogP) is 11.7. The Balaban J connectivity index is 1.96. The van der Waals surface area contributed by atoms with Gasteiger partial charge in [-0.25, -0.2) is 0 Å². The van der Waals surface area contributed by atoms with Crippen LogP contribution in [-0.4, -0.2) is 0 Å². The van der Waals surface area contributed by atoms with E-state index in [4.69, 9.17) is 11.6 Å². The SMILES string of the molecule is FC(F)(F)c1c(-c2ccccc2)c(-c2ccccc2)c(-c2ccccc2)c(-c2ccccc2)c1-c1ccc(Cl)cc1. The first-order valence-electron chi connectivity index (χ1n) is 13.2. The lowest BCUT2D eigenvalue weighted by atomic mass is 9.75. The van der Waals surface area contributed by atoms with Gasteiger partial charge in [0.2, 0.25) is 0 Å². The van der Waals surface area contributed by atoms with E-state index in [0.29, 0.717) is 38.4 Å². The minimum Gasteiger partial charge on any atom is -0.166 e. The highest BCUT2D eigenvalue weighted by molar-refractivity contribution is 6.30. The summed E-state index contributed by atoms with van der Waals surface area (Å²) in [6.45, 7) is 0. The second kappa shape index (κ2) is 11.1. The van der Waals surface area contributed by atoms with E-state index in [1.54, 1.807) is 48.5 Å². The summed E-state index contributed by atoms with van der Waals surface area (Å²) in [5.41, 5.74) is 4.53. The van der Waals surface area contributed by atoms with Gasteiger partial charge in [0.1, 0.15) is 0 Å². The van der Waals surface area contributed by atoms with Crippen molar-refractivity contribution >= 4 is 11.6 Å². The van der Waals surface area contributed by atoms with Crippen LogP contribution < -0.4 is 0 Å². The van der Waals surface area contributed by atoms with Crippen molar-refractivity contribution in [2.75, 3.05) is 0 Å². The third-order valence-electron chi connectivity index (χ3n) is 7.17. The van der Waals surface area contributed by atoms with Gasteiger partial charge in [0, 0.05) is 16.1 Å². The van der Waals surface area contributed by atoms with E-state index >= 15 is 13.2 Å². The molecule has 200 valence electrons. The Morgan fingerprint density at radius 1 is 0.341 bits per heavy atom. The lowest BCUT2D eigenvalue weighted by Crippen LogP contribution is -2.13. The Morgan fingerprint density at radius 3 is 0.927 bits per heavy atom. The van der Waals surface area contributed by atoms with Gasteiger partial charge in [0.25, 0.3) is 0 Å². The van der Waals surface area contributed by atoms with E-state index in [0.717, 1.165) is 11.1 Å². The average Bonchev–Trinajstić information content (AvgIpc) is 3.01. The molecular weight excluding hydrogens is 537 g/mol. The summed E-state index contributed by atoms with van der Waals surface area (Å²) in [5, 5.41) is 0.455. The van der Waals surface area contributed by atoms with Crippen LogP contribution in [0.4, 0.5) is 13.2 Å². The van der Waals surface area contributed by atoms with Crippen LogP contribution in [0.25, 0.3) is 55.6 Å². The number of hydrogen-bond donors (Lipinski definition) is 0. The van der Waals surface area contributed by atoms with E-state index in [-0.39, 0.29) is 11.1 Å². The van der Waals surface area contributed by atoms with Gasteiger partial charge >= 0.3 is 6.18 Å². The second-order valence-corrected chi connectivity index (χ2v) is 10.2. The van der Waals surface area contributed by atoms with Crippen LogP contribution in [0.15, 0.2) is 146 Å². The van der Waals surface area contributed by atoms with Crippen molar-refractivity contribution in [2.45, 2.75) is 6.18 Å². The summed E-state index contributed by atoms with van der Waals surface area (Å²) < 4.78 is 47.0. The number of benzene rings is 6. The van der Waals surface area contributed by atoms with Crippen molar-refractivity contribution in [1.29, 1.82) is 0 Å². The highest BCUT2D eigenvalue weighted by atomic mass is 35.5. The first-order valence-corrected chi connectivity index (χ1v) is 13.6. The van der Waals surface area contributed by atoms with E-state index in [9.17, 15) is 0 Å². The van der Waals surface area contributed by atoms with E-state index < -0.39 is 11.7 Å². The molecule has 0 amide bonds. The van der Waals surface area contributed by atoms with Crippen molar-refractivity contribution < 1.29 is 13.2 Å². The molecule has 0 atom stereocenters. The molecule has 0 saturated carbocycles. The Kier molecular flexibility index (Phi) is 7.21. The Labute approximate surface area is 242 Å². The molecule has 0 aliphatic heterocycles. The molecule has 0 nitrogen and oxygen atoms in total. The van der Waals surface area contributed by atoms with Crippen LogP contribution in [0.2, 0.25) is 5.02 Å². The largest absolute Gasteiger partial charge is 0.417 e. The van der Waals surface area contributed by atoms with E-state index in [1.165, 1.54) is 0 Å². The predicted molar refractivity (Wildman–Crippen MR) is 164 cm³/mol. The van der Waals surface area contributed by atoms with Gasteiger partial charge in [0.15, 0.2) is 0 Å². The molecule has 6 aromatic rings. The highest BCUT2D eigenvalue weighted by Gasteiger charge is 2.41. The average molecular weight is 561 g/mol. The molecule has 0 fully saturated rings. The Morgan fingerprint density at radius 2 is 0.610 bits per heavy atom. The quantitative estimate of drug-likeness (QED) is 0.197. The van der Waals surface area contributed by atoms with E-state index in [1.807, 2.05) is 97.1 Å². The molecule has 0 aliphatic rings. The van der Waals surface area contributed by atoms with Gasteiger partial charge in [-0.05, 0) is 56.6 Å².